The quantitative estimate of drug-likeness (QED) is 0.916. The van der Waals surface area contributed by atoms with E-state index in [1.807, 2.05) is 0 Å². The van der Waals surface area contributed by atoms with Gasteiger partial charge in [0.05, 0.1) is 0 Å². The molecule has 1 N–H and O–H groups in total. The summed E-state index contributed by atoms with van der Waals surface area (Å²) in [5.74, 6) is -0.752. The second-order valence-electron chi connectivity index (χ2n) is 6.79. The van der Waals surface area contributed by atoms with Crippen LogP contribution in [0.25, 0.3) is 0 Å². The summed E-state index contributed by atoms with van der Waals surface area (Å²) in [6.45, 7) is 7.14. The van der Waals surface area contributed by atoms with Gasteiger partial charge in [-0.05, 0) is 49.8 Å². The van der Waals surface area contributed by atoms with Gasteiger partial charge in [-0.1, -0.05) is 13.0 Å². The lowest BCUT2D eigenvalue weighted by Crippen LogP contribution is -2.63. The van der Waals surface area contributed by atoms with E-state index in [1.165, 1.54) is 25.0 Å². The SMILES string of the molecule is CCC1CNC(C)(C2CC2)CN1Cc1ccc(F)c(F)c1. The van der Waals surface area contributed by atoms with Crippen molar-refractivity contribution in [2.75, 3.05) is 13.1 Å². The molecule has 2 fully saturated rings. The summed E-state index contributed by atoms with van der Waals surface area (Å²) >= 11 is 0. The predicted molar refractivity (Wildman–Crippen MR) is 80.0 cm³/mol. The van der Waals surface area contributed by atoms with Crippen LogP contribution in [0, 0.1) is 17.6 Å². The normalized spacial score (nSPS) is 30.6. The van der Waals surface area contributed by atoms with E-state index in [0.29, 0.717) is 12.6 Å². The number of benzene rings is 1. The largest absolute Gasteiger partial charge is 0.308 e. The second kappa shape index (κ2) is 5.65. The Hall–Kier alpha value is -1.00. The summed E-state index contributed by atoms with van der Waals surface area (Å²) in [6, 6.07) is 4.72. The van der Waals surface area contributed by atoms with Crippen molar-refractivity contribution in [2.24, 2.45) is 5.92 Å². The van der Waals surface area contributed by atoms with Crippen LogP contribution in [0.1, 0.15) is 38.7 Å². The highest BCUT2D eigenvalue weighted by Crippen LogP contribution is 2.41. The van der Waals surface area contributed by atoms with Crippen molar-refractivity contribution in [3.05, 3.63) is 35.4 Å². The lowest BCUT2D eigenvalue weighted by molar-refractivity contribution is 0.0665. The van der Waals surface area contributed by atoms with Crippen molar-refractivity contribution in [2.45, 2.75) is 51.2 Å². The Balaban J connectivity index is 1.74. The third-order valence-corrected chi connectivity index (χ3v) is 5.11. The number of hydrogen-bond donors (Lipinski definition) is 1. The molecule has 1 saturated heterocycles. The Morgan fingerprint density at radius 3 is 2.67 bits per heavy atom. The van der Waals surface area contributed by atoms with Crippen LogP contribution in [-0.2, 0) is 6.54 Å². The van der Waals surface area contributed by atoms with E-state index in [1.54, 1.807) is 6.07 Å². The number of nitrogens with one attached hydrogen (secondary N) is 1. The Labute approximate surface area is 125 Å². The fourth-order valence-corrected chi connectivity index (χ4v) is 3.54. The highest BCUT2D eigenvalue weighted by Gasteiger charge is 2.45. The van der Waals surface area contributed by atoms with Gasteiger partial charge in [0.2, 0.25) is 0 Å². The molecule has 2 aliphatic rings. The van der Waals surface area contributed by atoms with Gasteiger partial charge in [0.1, 0.15) is 0 Å². The molecule has 1 aliphatic heterocycles. The Kier molecular flexibility index (Phi) is 4.02. The first-order valence-corrected chi connectivity index (χ1v) is 7.95. The molecule has 0 bridgehead atoms. The minimum absolute atomic E-state index is 0.171. The van der Waals surface area contributed by atoms with E-state index in [4.69, 9.17) is 0 Å². The predicted octanol–water partition coefficient (Wildman–Crippen LogP) is 3.32. The number of halogens is 2. The lowest BCUT2D eigenvalue weighted by Gasteiger charge is -2.46. The van der Waals surface area contributed by atoms with Crippen LogP contribution in [0.2, 0.25) is 0 Å². The molecule has 1 aliphatic carbocycles. The average molecular weight is 294 g/mol. The first-order valence-electron chi connectivity index (χ1n) is 7.95. The maximum atomic E-state index is 13.4. The molecule has 4 heteroatoms. The van der Waals surface area contributed by atoms with E-state index in [-0.39, 0.29) is 5.54 Å². The highest BCUT2D eigenvalue weighted by atomic mass is 19.2. The summed E-state index contributed by atoms with van der Waals surface area (Å²) in [4.78, 5) is 2.43. The van der Waals surface area contributed by atoms with Gasteiger partial charge in [-0.2, -0.15) is 0 Å². The fourth-order valence-electron chi connectivity index (χ4n) is 3.54. The zero-order valence-electron chi connectivity index (χ0n) is 12.8. The Morgan fingerprint density at radius 1 is 1.29 bits per heavy atom. The number of rotatable bonds is 4. The molecule has 2 nitrogen and oxygen atoms in total. The lowest BCUT2D eigenvalue weighted by atomic mass is 9.90. The zero-order valence-corrected chi connectivity index (χ0v) is 12.8. The third kappa shape index (κ3) is 3.11. The van der Waals surface area contributed by atoms with E-state index in [9.17, 15) is 8.78 Å². The first-order chi connectivity index (χ1) is 10.0. The molecule has 2 atom stereocenters. The molecular weight excluding hydrogens is 270 g/mol. The van der Waals surface area contributed by atoms with E-state index < -0.39 is 11.6 Å². The first kappa shape index (κ1) is 14.9. The van der Waals surface area contributed by atoms with Crippen molar-refractivity contribution in [1.82, 2.24) is 10.2 Å². The van der Waals surface area contributed by atoms with Gasteiger partial charge in [0.15, 0.2) is 11.6 Å². The zero-order chi connectivity index (χ0) is 15.0. The maximum absolute atomic E-state index is 13.4. The van der Waals surface area contributed by atoms with Gasteiger partial charge in [0.25, 0.3) is 0 Å². The minimum atomic E-state index is -0.770. The van der Waals surface area contributed by atoms with Gasteiger partial charge in [-0.15, -0.1) is 0 Å². The fraction of sp³-hybridized carbons (Fsp3) is 0.647. The van der Waals surface area contributed by atoms with Crippen LogP contribution in [0.3, 0.4) is 0 Å². The minimum Gasteiger partial charge on any atom is -0.308 e. The second-order valence-corrected chi connectivity index (χ2v) is 6.79. The Bertz CT molecular complexity index is 516. The highest BCUT2D eigenvalue weighted by molar-refractivity contribution is 5.18. The van der Waals surface area contributed by atoms with Crippen LogP contribution < -0.4 is 5.32 Å². The molecule has 1 aromatic rings. The average Bonchev–Trinajstić information content (AvgIpc) is 3.28. The summed E-state index contributed by atoms with van der Waals surface area (Å²) in [6.07, 6.45) is 3.68. The molecule has 1 aromatic carbocycles. The maximum Gasteiger partial charge on any atom is 0.159 e. The van der Waals surface area contributed by atoms with Gasteiger partial charge in [-0.3, -0.25) is 4.90 Å². The summed E-state index contributed by atoms with van der Waals surface area (Å²) in [5, 5.41) is 3.72. The molecule has 1 heterocycles. The number of nitrogens with zero attached hydrogens (tertiary/aromatic N) is 1. The molecule has 0 aromatic heterocycles. The van der Waals surface area contributed by atoms with E-state index in [0.717, 1.165) is 31.0 Å². The standard InChI is InChI=1S/C17H24F2N2/c1-3-14-9-20-17(2,13-5-6-13)11-21(14)10-12-4-7-15(18)16(19)8-12/h4,7-8,13-14,20H,3,5-6,9-11H2,1-2H3. The molecule has 2 unspecified atom stereocenters. The molecule has 0 spiro atoms. The summed E-state index contributed by atoms with van der Waals surface area (Å²) < 4.78 is 26.5. The smallest absolute Gasteiger partial charge is 0.159 e. The molecule has 0 radical (unpaired) electrons. The van der Waals surface area contributed by atoms with Crippen molar-refractivity contribution in [3.8, 4) is 0 Å². The van der Waals surface area contributed by atoms with Gasteiger partial charge < -0.3 is 5.32 Å². The topological polar surface area (TPSA) is 15.3 Å². The van der Waals surface area contributed by atoms with Crippen molar-refractivity contribution >= 4 is 0 Å². The van der Waals surface area contributed by atoms with Gasteiger partial charge in [-0.25, -0.2) is 8.78 Å². The van der Waals surface area contributed by atoms with Crippen LogP contribution in [0.5, 0.6) is 0 Å². The molecule has 3 rings (SSSR count). The third-order valence-electron chi connectivity index (χ3n) is 5.11. The molecule has 0 amide bonds. The van der Waals surface area contributed by atoms with Crippen LogP contribution in [0.4, 0.5) is 8.78 Å². The number of piperazine rings is 1. The Morgan fingerprint density at radius 2 is 2.05 bits per heavy atom. The van der Waals surface area contributed by atoms with Gasteiger partial charge >= 0.3 is 0 Å². The monoisotopic (exact) mass is 294 g/mol. The van der Waals surface area contributed by atoms with Crippen molar-refractivity contribution < 1.29 is 8.78 Å². The van der Waals surface area contributed by atoms with Crippen molar-refractivity contribution in [1.29, 1.82) is 0 Å². The number of hydrogen-bond acceptors (Lipinski definition) is 2. The van der Waals surface area contributed by atoms with Crippen LogP contribution in [-0.4, -0.2) is 29.6 Å². The molecule has 1 saturated carbocycles. The summed E-state index contributed by atoms with van der Waals surface area (Å²) in [5.41, 5.74) is 1.02. The summed E-state index contributed by atoms with van der Waals surface area (Å²) in [7, 11) is 0. The molecule has 116 valence electrons. The molecular formula is C17H24F2N2. The van der Waals surface area contributed by atoms with E-state index in [2.05, 4.69) is 24.1 Å². The van der Waals surface area contributed by atoms with Gasteiger partial charge in [0, 0.05) is 31.2 Å². The molecule has 21 heavy (non-hydrogen) atoms. The van der Waals surface area contributed by atoms with Crippen LogP contribution in [0.15, 0.2) is 18.2 Å². The van der Waals surface area contributed by atoms with Crippen LogP contribution >= 0.6 is 0 Å². The van der Waals surface area contributed by atoms with Crippen molar-refractivity contribution in [3.63, 3.8) is 0 Å². The van der Waals surface area contributed by atoms with E-state index >= 15 is 0 Å².